The molecule has 20 heavy (non-hydrogen) atoms. The van der Waals surface area contributed by atoms with Crippen LogP contribution < -0.4 is 5.32 Å². The van der Waals surface area contributed by atoms with Crippen LogP contribution >= 0.6 is 11.3 Å². The minimum absolute atomic E-state index is 0.103. The van der Waals surface area contributed by atoms with Crippen LogP contribution in [0, 0.1) is 6.92 Å². The van der Waals surface area contributed by atoms with Crippen LogP contribution in [0.25, 0.3) is 0 Å². The number of nitrogens with zero attached hydrogens (tertiary/aromatic N) is 3. The Morgan fingerprint density at radius 2 is 2.25 bits per heavy atom. The van der Waals surface area contributed by atoms with Gasteiger partial charge in [0.05, 0.1) is 13.2 Å². The average molecular weight is 296 g/mol. The first-order valence-electron chi connectivity index (χ1n) is 5.80. The number of esters is 1. The van der Waals surface area contributed by atoms with Crippen molar-refractivity contribution < 1.29 is 18.8 Å². The van der Waals surface area contributed by atoms with Crippen LogP contribution in [-0.4, -0.2) is 33.6 Å². The predicted octanol–water partition coefficient (Wildman–Crippen LogP) is 0.941. The molecule has 2 rings (SSSR count). The summed E-state index contributed by atoms with van der Waals surface area (Å²) in [6.07, 6.45) is 0. The first kappa shape index (κ1) is 14.1. The van der Waals surface area contributed by atoms with Crippen LogP contribution in [0.15, 0.2) is 9.90 Å². The monoisotopic (exact) mass is 296 g/mol. The van der Waals surface area contributed by atoms with Crippen LogP contribution in [0.2, 0.25) is 0 Å². The van der Waals surface area contributed by atoms with Gasteiger partial charge in [-0.3, -0.25) is 4.79 Å². The van der Waals surface area contributed by atoms with Crippen molar-refractivity contribution in [2.45, 2.75) is 20.4 Å². The number of amides is 1. The number of hydrogen-bond acceptors (Lipinski definition) is 8. The topological polar surface area (TPSA) is 107 Å². The summed E-state index contributed by atoms with van der Waals surface area (Å²) in [6, 6.07) is 0. The summed E-state index contributed by atoms with van der Waals surface area (Å²) in [5.74, 6) is -0.166. The molecule has 2 aromatic heterocycles. The Hall–Kier alpha value is -2.29. The summed E-state index contributed by atoms with van der Waals surface area (Å²) in [4.78, 5) is 31.1. The predicted molar refractivity (Wildman–Crippen MR) is 68.3 cm³/mol. The molecule has 0 aliphatic rings. The van der Waals surface area contributed by atoms with Crippen molar-refractivity contribution in [3.05, 3.63) is 27.8 Å². The third-order valence-corrected chi connectivity index (χ3v) is 2.98. The molecule has 2 aromatic rings. The van der Waals surface area contributed by atoms with Crippen LogP contribution in [0.1, 0.15) is 38.9 Å². The molecule has 8 nitrogen and oxygen atoms in total. The maximum absolute atomic E-state index is 11.8. The number of ether oxygens (including phenoxy) is 1. The number of aryl methyl sites for hydroxylation is 1. The highest BCUT2D eigenvalue weighted by Crippen LogP contribution is 2.11. The molecular weight excluding hydrogens is 284 g/mol. The number of hydrogen-bond donors (Lipinski definition) is 1. The van der Waals surface area contributed by atoms with E-state index >= 15 is 0 Å². The first-order valence-corrected chi connectivity index (χ1v) is 6.68. The lowest BCUT2D eigenvalue weighted by atomic mass is 10.4. The van der Waals surface area contributed by atoms with Gasteiger partial charge in [-0.25, -0.2) is 9.78 Å². The van der Waals surface area contributed by atoms with E-state index in [9.17, 15) is 9.59 Å². The molecule has 0 spiro atoms. The number of carbonyl (C=O) groups is 2. The molecule has 1 N–H and O–H groups in total. The Morgan fingerprint density at radius 3 is 2.90 bits per heavy atom. The largest absolute Gasteiger partial charge is 0.461 e. The maximum Gasteiger partial charge on any atom is 0.367 e. The van der Waals surface area contributed by atoms with Crippen molar-refractivity contribution >= 4 is 23.2 Å². The molecule has 0 aliphatic carbocycles. The molecule has 0 saturated heterocycles. The number of nitrogens with one attached hydrogen (secondary N) is 1. The van der Waals surface area contributed by atoms with E-state index in [1.165, 1.54) is 5.38 Å². The summed E-state index contributed by atoms with van der Waals surface area (Å²) in [5, 5.41) is 7.80. The Kier molecular flexibility index (Phi) is 4.41. The van der Waals surface area contributed by atoms with E-state index < -0.39 is 11.9 Å². The standard InChI is InChI=1S/C11H12N4O4S/c1-3-18-11(17)10-14-7(5-20-10)9(16)12-4-8-13-6(2)15-19-8/h5H,3-4H2,1-2H3,(H,12,16). The number of carbonyl (C=O) groups excluding carboxylic acids is 2. The van der Waals surface area contributed by atoms with E-state index in [4.69, 9.17) is 9.26 Å². The Balaban J connectivity index is 1.94. The molecule has 1 amide bonds. The Morgan fingerprint density at radius 1 is 1.45 bits per heavy atom. The van der Waals surface area contributed by atoms with Gasteiger partial charge in [0.1, 0.15) is 5.69 Å². The van der Waals surface area contributed by atoms with Gasteiger partial charge >= 0.3 is 5.97 Å². The van der Waals surface area contributed by atoms with Crippen LogP contribution in [-0.2, 0) is 11.3 Å². The second-order valence-corrected chi connectivity index (χ2v) is 4.53. The third-order valence-electron chi connectivity index (χ3n) is 2.16. The van der Waals surface area contributed by atoms with Gasteiger partial charge in [-0.15, -0.1) is 11.3 Å². The second-order valence-electron chi connectivity index (χ2n) is 3.68. The summed E-state index contributed by atoms with van der Waals surface area (Å²) in [7, 11) is 0. The summed E-state index contributed by atoms with van der Waals surface area (Å²) in [5.41, 5.74) is 0.147. The maximum atomic E-state index is 11.8. The second kappa shape index (κ2) is 6.24. The fraction of sp³-hybridized carbons (Fsp3) is 0.364. The van der Waals surface area contributed by atoms with E-state index in [2.05, 4.69) is 20.4 Å². The molecule has 9 heteroatoms. The van der Waals surface area contributed by atoms with E-state index in [1.807, 2.05) is 0 Å². The Bertz CT molecular complexity index is 621. The van der Waals surface area contributed by atoms with E-state index in [1.54, 1.807) is 13.8 Å². The smallest absolute Gasteiger partial charge is 0.367 e. The van der Waals surface area contributed by atoms with E-state index in [0.29, 0.717) is 11.7 Å². The van der Waals surface area contributed by atoms with Gasteiger partial charge in [0.15, 0.2) is 5.82 Å². The lowest BCUT2D eigenvalue weighted by Crippen LogP contribution is -2.23. The Labute approximate surface area is 118 Å². The van der Waals surface area contributed by atoms with Crippen molar-refractivity contribution in [2.24, 2.45) is 0 Å². The van der Waals surface area contributed by atoms with Crippen molar-refractivity contribution in [1.29, 1.82) is 0 Å². The summed E-state index contributed by atoms with van der Waals surface area (Å²) < 4.78 is 9.66. The summed E-state index contributed by atoms with van der Waals surface area (Å²) >= 11 is 1.05. The molecular formula is C11H12N4O4S. The lowest BCUT2D eigenvalue weighted by molar-refractivity contribution is 0.0526. The van der Waals surface area contributed by atoms with Gasteiger partial charge in [-0.2, -0.15) is 4.98 Å². The van der Waals surface area contributed by atoms with Crippen LogP contribution in [0.4, 0.5) is 0 Å². The lowest BCUT2D eigenvalue weighted by Gasteiger charge is -1.98. The molecule has 0 bridgehead atoms. The van der Waals surface area contributed by atoms with Crippen molar-refractivity contribution in [2.75, 3.05) is 6.61 Å². The number of aromatic nitrogens is 3. The quantitative estimate of drug-likeness (QED) is 0.818. The van der Waals surface area contributed by atoms with Gasteiger partial charge < -0.3 is 14.6 Å². The molecule has 106 valence electrons. The molecule has 0 fully saturated rings. The zero-order chi connectivity index (χ0) is 14.5. The van der Waals surface area contributed by atoms with Crippen LogP contribution in [0.5, 0.6) is 0 Å². The molecule has 0 unspecified atom stereocenters. The number of thiazole rings is 1. The van der Waals surface area contributed by atoms with Gasteiger partial charge in [-0.1, -0.05) is 5.16 Å². The molecule has 0 atom stereocenters. The average Bonchev–Trinajstić information content (AvgIpc) is 3.05. The van der Waals surface area contributed by atoms with Gasteiger partial charge in [0.2, 0.25) is 10.9 Å². The van der Waals surface area contributed by atoms with Crippen LogP contribution in [0.3, 0.4) is 0 Å². The molecule has 2 heterocycles. The van der Waals surface area contributed by atoms with E-state index in [0.717, 1.165) is 11.3 Å². The minimum Gasteiger partial charge on any atom is -0.461 e. The fourth-order valence-corrected chi connectivity index (χ4v) is 2.01. The number of rotatable bonds is 5. The normalized spacial score (nSPS) is 10.3. The molecule has 0 radical (unpaired) electrons. The third kappa shape index (κ3) is 3.38. The van der Waals surface area contributed by atoms with Gasteiger partial charge in [-0.05, 0) is 13.8 Å². The highest BCUT2D eigenvalue weighted by atomic mass is 32.1. The molecule has 0 saturated carbocycles. The minimum atomic E-state index is -0.538. The highest BCUT2D eigenvalue weighted by molar-refractivity contribution is 7.11. The van der Waals surface area contributed by atoms with Gasteiger partial charge in [0, 0.05) is 5.38 Å². The first-order chi connectivity index (χ1) is 9.60. The zero-order valence-corrected chi connectivity index (χ0v) is 11.7. The summed E-state index contributed by atoms with van der Waals surface area (Å²) in [6.45, 7) is 3.74. The SMILES string of the molecule is CCOC(=O)c1nc(C(=O)NCc2nc(C)no2)cs1. The van der Waals surface area contributed by atoms with Crippen molar-refractivity contribution in [1.82, 2.24) is 20.4 Å². The zero-order valence-electron chi connectivity index (χ0n) is 10.9. The molecule has 0 aromatic carbocycles. The van der Waals surface area contributed by atoms with Crippen molar-refractivity contribution in [3.8, 4) is 0 Å². The van der Waals surface area contributed by atoms with Crippen molar-refractivity contribution in [3.63, 3.8) is 0 Å². The highest BCUT2D eigenvalue weighted by Gasteiger charge is 2.16. The van der Waals surface area contributed by atoms with E-state index in [-0.39, 0.29) is 23.9 Å². The van der Waals surface area contributed by atoms with Gasteiger partial charge in [0.25, 0.3) is 5.91 Å². The molecule has 0 aliphatic heterocycles. The fourth-order valence-electron chi connectivity index (χ4n) is 1.32.